The molecule has 2 atom stereocenters. The predicted molar refractivity (Wildman–Crippen MR) is 47.2 cm³/mol. The highest BCUT2D eigenvalue weighted by atomic mass is 79.9. The molecule has 1 saturated heterocycles. The van der Waals surface area contributed by atoms with Gasteiger partial charge in [-0.25, -0.2) is 0 Å². The van der Waals surface area contributed by atoms with Crippen molar-refractivity contribution in [3.63, 3.8) is 0 Å². The molecular weight excluding hydrogens is 206 g/mol. The Balaban J connectivity index is 2.20. The lowest BCUT2D eigenvalue weighted by Crippen LogP contribution is -2.13. The van der Waals surface area contributed by atoms with Crippen molar-refractivity contribution in [2.45, 2.75) is 25.7 Å². The zero-order valence-corrected chi connectivity index (χ0v) is 7.89. The summed E-state index contributed by atoms with van der Waals surface area (Å²) in [6.07, 6.45) is 5.85. The van der Waals surface area contributed by atoms with E-state index in [9.17, 15) is 0 Å². The van der Waals surface area contributed by atoms with Crippen LogP contribution in [0.5, 0.6) is 0 Å². The SMILES string of the molecule is CCC1=CC2OC2NC(Br)=C1. The van der Waals surface area contributed by atoms with Crippen LogP contribution in [0.4, 0.5) is 0 Å². The Bertz CT molecular complexity index is 234. The van der Waals surface area contributed by atoms with Gasteiger partial charge in [0, 0.05) is 0 Å². The topological polar surface area (TPSA) is 24.6 Å². The highest BCUT2D eigenvalue weighted by Crippen LogP contribution is 2.28. The van der Waals surface area contributed by atoms with E-state index < -0.39 is 0 Å². The van der Waals surface area contributed by atoms with Crippen molar-refractivity contribution in [1.82, 2.24) is 5.32 Å². The van der Waals surface area contributed by atoms with Gasteiger partial charge in [0.05, 0.1) is 4.61 Å². The number of epoxide rings is 1. The van der Waals surface area contributed by atoms with Crippen molar-refractivity contribution >= 4 is 15.9 Å². The van der Waals surface area contributed by atoms with E-state index in [4.69, 9.17) is 4.74 Å². The molecule has 0 aromatic heterocycles. The fourth-order valence-electron chi connectivity index (χ4n) is 1.19. The third-order valence-electron chi connectivity index (χ3n) is 1.90. The van der Waals surface area contributed by atoms with E-state index in [0.717, 1.165) is 11.0 Å². The fourth-order valence-corrected chi connectivity index (χ4v) is 1.71. The quantitative estimate of drug-likeness (QED) is 0.534. The molecule has 0 amide bonds. The summed E-state index contributed by atoms with van der Waals surface area (Å²) in [5.74, 6) is 0. The molecule has 2 rings (SSSR count). The minimum Gasteiger partial charge on any atom is -0.352 e. The van der Waals surface area contributed by atoms with E-state index in [1.165, 1.54) is 5.57 Å². The van der Waals surface area contributed by atoms with E-state index in [1.54, 1.807) is 0 Å². The Kier molecular flexibility index (Phi) is 1.77. The highest BCUT2D eigenvalue weighted by molar-refractivity contribution is 9.11. The van der Waals surface area contributed by atoms with Gasteiger partial charge in [0.25, 0.3) is 0 Å². The Hall–Kier alpha value is -0.280. The van der Waals surface area contributed by atoms with E-state index in [1.807, 2.05) is 0 Å². The first-order chi connectivity index (χ1) is 5.29. The molecule has 0 radical (unpaired) electrons. The molecule has 0 aromatic carbocycles. The van der Waals surface area contributed by atoms with Gasteiger partial charge < -0.3 is 10.1 Å². The first-order valence-electron chi connectivity index (χ1n) is 3.79. The highest BCUT2D eigenvalue weighted by Gasteiger charge is 2.38. The van der Waals surface area contributed by atoms with E-state index in [-0.39, 0.29) is 6.23 Å². The lowest BCUT2D eigenvalue weighted by Gasteiger charge is -1.98. The molecule has 0 bridgehead atoms. The Labute approximate surface area is 74.4 Å². The second-order valence-electron chi connectivity index (χ2n) is 2.75. The molecule has 0 spiro atoms. The van der Waals surface area contributed by atoms with Gasteiger partial charge in [-0.15, -0.1) is 0 Å². The summed E-state index contributed by atoms with van der Waals surface area (Å²) in [6, 6.07) is 0. The van der Waals surface area contributed by atoms with Crippen molar-refractivity contribution in [2.75, 3.05) is 0 Å². The number of hydrogen-bond acceptors (Lipinski definition) is 2. The largest absolute Gasteiger partial charge is 0.352 e. The average Bonchev–Trinajstić information content (AvgIpc) is 2.64. The van der Waals surface area contributed by atoms with Crippen LogP contribution in [0.3, 0.4) is 0 Å². The van der Waals surface area contributed by atoms with Crippen LogP contribution in [-0.2, 0) is 4.74 Å². The van der Waals surface area contributed by atoms with Gasteiger partial charge >= 0.3 is 0 Å². The van der Waals surface area contributed by atoms with Crippen LogP contribution in [-0.4, -0.2) is 12.3 Å². The van der Waals surface area contributed by atoms with Crippen molar-refractivity contribution in [1.29, 1.82) is 0 Å². The number of allylic oxidation sites excluding steroid dienone is 2. The molecular formula is C8H10BrNO. The second-order valence-corrected chi connectivity index (χ2v) is 3.61. The molecule has 0 aliphatic carbocycles. The Morgan fingerprint density at radius 2 is 2.55 bits per heavy atom. The van der Waals surface area contributed by atoms with Crippen molar-refractivity contribution < 1.29 is 4.74 Å². The number of ether oxygens (including phenoxy) is 1. The molecule has 60 valence electrons. The minimum absolute atomic E-state index is 0.213. The maximum absolute atomic E-state index is 5.30. The monoisotopic (exact) mass is 215 g/mol. The Morgan fingerprint density at radius 3 is 3.27 bits per heavy atom. The molecule has 2 nitrogen and oxygen atoms in total. The summed E-state index contributed by atoms with van der Waals surface area (Å²) >= 11 is 3.42. The van der Waals surface area contributed by atoms with Crippen molar-refractivity contribution in [3.05, 3.63) is 22.3 Å². The molecule has 2 aliphatic heterocycles. The summed E-state index contributed by atoms with van der Waals surface area (Å²) in [5.41, 5.74) is 1.33. The van der Waals surface area contributed by atoms with Crippen LogP contribution < -0.4 is 5.32 Å². The average molecular weight is 216 g/mol. The van der Waals surface area contributed by atoms with Gasteiger partial charge in [-0.3, -0.25) is 0 Å². The lowest BCUT2D eigenvalue weighted by molar-refractivity contribution is 0.372. The van der Waals surface area contributed by atoms with Crippen LogP contribution in [0, 0.1) is 0 Å². The normalized spacial score (nSPS) is 34.4. The number of fused-ring (bicyclic) bond motifs is 1. The van der Waals surface area contributed by atoms with Crippen molar-refractivity contribution in [3.8, 4) is 0 Å². The van der Waals surface area contributed by atoms with E-state index >= 15 is 0 Å². The predicted octanol–water partition coefficient (Wildman–Crippen LogP) is 1.89. The van der Waals surface area contributed by atoms with E-state index in [0.29, 0.717) is 6.10 Å². The minimum atomic E-state index is 0.213. The fraction of sp³-hybridized carbons (Fsp3) is 0.500. The molecule has 3 heteroatoms. The van der Waals surface area contributed by atoms with Gasteiger partial charge in [-0.1, -0.05) is 6.92 Å². The maximum atomic E-state index is 5.30. The van der Waals surface area contributed by atoms with Crippen LogP contribution in [0.25, 0.3) is 0 Å². The number of rotatable bonds is 1. The molecule has 2 heterocycles. The van der Waals surface area contributed by atoms with Gasteiger partial charge in [0.2, 0.25) is 0 Å². The summed E-state index contributed by atoms with van der Waals surface area (Å²) in [7, 11) is 0. The second kappa shape index (κ2) is 2.64. The maximum Gasteiger partial charge on any atom is 0.159 e. The molecule has 2 aliphatic rings. The van der Waals surface area contributed by atoms with Crippen LogP contribution in [0.1, 0.15) is 13.3 Å². The summed E-state index contributed by atoms with van der Waals surface area (Å²) in [5, 5.41) is 3.18. The summed E-state index contributed by atoms with van der Waals surface area (Å²) in [6.45, 7) is 2.14. The molecule has 0 saturated carbocycles. The lowest BCUT2D eigenvalue weighted by atomic mass is 10.2. The van der Waals surface area contributed by atoms with Gasteiger partial charge in [-0.05, 0) is 40.1 Å². The zero-order chi connectivity index (χ0) is 7.84. The summed E-state index contributed by atoms with van der Waals surface area (Å²) < 4.78 is 6.33. The van der Waals surface area contributed by atoms with E-state index in [2.05, 4.69) is 40.3 Å². The van der Waals surface area contributed by atoms with Gasteiger partial charge in [0.1, 0.15) is 6.10 Å². The van der Waals surface area contributed by atoms with Gasteiger partial charge in [0.15, 0.2) is 6.23 Å². The molecule has 1 N–H and O–H groups in total. The van der Waals surface area contributed by atoms with Gasteiger partial charge in [-0.2, -0.15) is 0 Å². The smallest absolute Gasteiger partial charge is 0.159 e. The first-order valence-corrected chi connectivity index (χ1v) is 4.59. The van der Waals surface area contributed by atoms with Crippen LogP contribution in [0.15, 0.2) is 22.3 Å². The van der Waals surface area contributed by atoms with Crippen LogP contribution >= 0.6 is 15.9 Å². The first kappa shape index (κ1) is 7.37. The standard InChI is InChI=1S/C8H10BrNO/c1-2-5-3-6-8(11-6)10-7(9)4-5/h3-4,6,8,10H,2H2,1H3. The number of halogens is 1. The third-order valence-corrected chi connectivity index (χ3v) is 2.36. The Morgan fingerprint density at radius 1 is 1.73 bits per heavy atom. The molecule has 11 heavy (non-hydrogen) atoms. The van der Waals surface area contributed by atoms with Crippen molar-refractivity contribution in [2.24, 2.45) is 0 Å². The summed E-state index contributed by atoms with van der Waals surface area (Å²) in [4.78, 5) is 0. The zero-order valence-electron chi connectivity index (χ0n) is 6.30. The molecule has 2 unspecified atom stereocenters. The van der Waals surface area contributed by atoms with Crippen LogP contribution in [0.2, 0.25) is 0 Å². The molecule has 1 fully saturated rings. The third kappa shape index (κ3) is 1.49. The number of nitrogens with one attached hydrogen (secondary N) is 1. The number of hydrogen-bond donors (Lipinski definition) is 1. The molecule has 0 aromatic rings.